The first kappa shape index (κ1) is 23.6. The van der Waals surface area contributed by atoms with Crippen molar-refractivity contribution in [3.63, 3.8) is 0 Å². The number of nitrogens with zero attached hydrogens (tertiary/aromatic N) is 2. The highest BCUT2D eigenvalue weighted by atomic mass is 32.1. The van der Waals surface area contributed by atoms with Gasteiger partial charge in [0.05, 0.1) is 24.8 Å². The van der Waals surface area contributed by atoms with Gasteiger partial charge in [-0.15, -0.1) is 11.3 Å². The molecule has 0 saturated heterocycles. The van der Waals surface area contributed by atoms with Crippen molar-refractivity contribution in [3.8, 4) is 0 Å². The van der Waals surface area contributed by atoms with Crippen molar-refractivity contribution >= 4 is 45.5 Å². The molecule has 2 heterocycles. The first-order valence-corrected chi connectivity index (χ1v) is 10.2. The molecule has 0 aliphatic rings. The molecule has 0 fully saturated rings. The fourth-order valence-corrected chi connectivity index (χ4v) is 3.95. The van der Waals surface area contributed by atoms with Crippen LogP contribution in [0.3, 0.4) is 0 Å². The van der Waals surface area contributed by atoms with Crippen molar-refractivity contribution in [2.24, 2.45) is 0 Å². The highest BCUT2D eigenvalue weighted by Crippen LogP contribution is 2.29. The van der Waals surface area contributed by atoms with Gasteiger partial charge in [-0.1, -0.05) is 6.92 Å². The molecule has 0 spiro atoms. The number of benzene rings is 1. The van der Waals surface area contributed by atoms with Gasteiger partial charge < -0.3 is 15.4 Å². The summed E-state index contributed by atoms with van der Waals surface area (Å²) >= 11 is 6.50. The molecule has 3 rings (SSSR count). The molecule has 3 aromatic rings. The molecule has 1 aromatic carbocycles. The number of thiocarbonyl (C=S) groups is 1. The second kappa shape index (κ2) is 9.61. The maximum atomic E-state index is 13.9. The van der Waals surface area contributed by atoms with Crippen LogP contribution in [0.2, 0.25) is 0 Å². The van der Waals surface area contributed by atoms with E-state index in [-0.39, 0.29) is 10.9 Å². The topological polar surface area (TPSA) is 68.2 Å². The molecule has 2 N–H and O–H groups in total. The van der Waals surface area contributed by atoms with Crippen LogP contribution in [0.1, 0.15) is 27.7 Å². The fraction of sp³-hybridized carbons (Fsp3) is 0.211. The Morgan fingerprint density at radius 2 is 1.75 bits per heavy atom. The number of aryl methyl sites for hydroxylation is 1. The summed E-state index contributed by atoms with van der Waals surface area (Å²) in [4.78, 5) is 12.9. The predicted octanol–water partition coefficient (Wildman–Crippen LogP) is 4.85. The fourth-order valence-electron chi connectivity index (χ4n) is 2.69. The summed E-state index contributed by atoms with van der Waals surface area (Å²) in [5, 5.41) is 10.0. The number of halogens is 5. The molecular formula is C19H15F5N4O2S2. The standard InChI is InChI=1S/C19H15F5N4O2S2/c1-3-8-6-9(18(29)30-2)17(32-8)26-19(31)25-11-4-5-28(27-11)7-10-12(20)14(22)16(24)15(23)13(10)21/h4-6H,3,7H2,1-2H3,(H2,25,26,27,31). The Balaban J connectivity index is 1.74. The van der Waals surface area contributed by atoms with E-state index in [9.17, 15) is 26.7 Å². The summed E-state index contributed by atoms with van der Waals surface area (Å²) in [5.74, 6) is -10.5. The Hall–Kier alpha value is -3.06. The minimum absolute atomic E-state index is 0.0566. The van der Waals surface area contributed by atoms with Gasteiger partial charge in [0.1, 0.15) is 5.00 Å². The van der Waals surface area contributed by atoms with E-state index in [0.717, 1.165) is 9.56 Å². The van der Waals surface area contributed by atoms with Crippen LogP contribution < -0.4 is 10.6 Å². The minimum Gasteiger partial charge on any atom is -0.465 e. The number of carbonyl (C=O) groups is 1. The van der Waals surface area contributed by atoms with Gasteiger partial charge in [-0.2, -0.15) is 5.10 Å². The van der Waals surface area contributed by atoms with E-state index < -0.39 is 47.2 Å². The maximum absolute atomic E-state index is 13.9. The Bertz CT molecular complexity index is 1170. The average Bonchev–Trinajstić information content (AvgIpc) is 3.39. The van der Waals surface area contributed by atoms with Gasteiger partial charge in [0.25, 0.3) is 0 Å². The Morgan fingerprint density at radius 3 is 2.34 bits per heavy atom. The summed E-state index contributed by atoms with van der Waals surface area (Å²) in [5.41, 5.74) is -0.722. The van der Waals surface area contributed by atoms with Crippen molar-refractivity contribution in [1.82, 2.24) is 9.78 Å². The molecule has 0 atom stereocenters. The van der Waals surface area contributed by atoms with E-state index >= 15 is 0 Å². The first-order chi connectivity index (χ1) is 15.2. The monoisotopic (exact) mass is 490 g/mol. The molecule has 13 heteroatoms. The highest BCUT2D eigenvalue weighted by molar-refractivity contribution is 7.80. The highest BCUT2D eigenvalue weighted by Gasteiger charge is 2.26. The van der Waals surface area contributed by atoms with Crippen LogP contribution in [-0.2, 0) is 17.7 Å². The van der Waals surface area contributed by atoms with Crippen molar-refractivity contribution in [2.75, 3.05) is 17.7 Å². The van der Waals surface area contributed by atoms with Crippen molar-refractivity contribution in [2.45, 2.75) is 19.9 Å². The van der Waals surface area contributed by atoms with E-state index in [1.807, 2.05) is 6.92 Å². The number of hydrogen-bond donors (Lipinski definition) is 2. The molecule has 0 bridgehead atoms. The number of hydrogen-bond acceptors (Lipinski definition) is 5. The lowest BCUT2D eigenvalue weighted by molar-refractivity contribution is 0.0602. The second-order valence-corrected chi connectivity index (χ2v) is 7.87. The van der Waals surface area contributed by atoms with Gasteiger partial charge in [0, 0.05) is 17.1 Å². The largest absolute Gasteiger partial charge is 0.465 e. The molecule has 6 nitrogen and oxygen atoms in total. The zero-order chi connectivity index (χ0) is 23.6. The molecule has 0 aliphatic heterocycles. The second-order valence-electron chi connectivity index (χ2n) is 6.33. The lowest BCUT2D eigenvalue weighted by Gasteiger charge is -2.09. The lowest BCUT2D eigenvalue weighted by Crippen LogP contribution is -2.20. The SMILES string of the molecule is CCc1cc(C(=O)OC)c(NC(=S)Nc2ccn(Cc3c(F)c(F)c(F)c(F)c3F)n2)s1. The minimum atomic E-state index is -2.23. The van der Waals surface area contributed by atoms with Gasteiger partial charge in [0.15, 0.2) is 34.2 Å². The Kier molecular flexibility index (Phi) is 7.09. The van der Waals surface area contributed by atoms with Crippen molar-refractivity contribution in [1.29, 1.82) is 0 Å². The number of carbonyl (C=O) groups excluding carboxylic acids is 1. The summed E-state index contributed by atoms with van der Waals surface area (Å²) in [7, 11) is 1.25. The molecular weight excluding hydrogens is 475 g/mol. The maximum Gasteiger partial charge on any atom is 0.340 e. The van der Waals surface area contributed by atoms with Crippen LogP contribution in [0, 0.1) is 29.1 Å². The number of aromatic nitrogens is 2. The van der Waals surface area contributed by atoms with Crippen LogP contribution in [0.25, 0.3) is 0 Å². The van der Waals surface area contributed by atoms with E-state index in [1.165, 1.54) is 30.7 Å². The summed E-state index contributed by atoms with van der Waals surface area (Å²) in [6, 6.07) is 3.06. The third-order valence-corrected chi connectivity index (χ3v) is 5.67. The number of anilines is 2. The average molecular weight is 490 g/mol. The molecule has 0 amide bonds. The van der Waals surface area contributed by atoms with Gasteiger partial charge in [0.2, 0.25) is 5.82 Å². The molecule has 32 heavy (non-hydrogen) atoms. The smallest absolute Gasteiger partial charge is 0.340 e. The van der Waals surface area contributed by atoms with Crippen LogP contribution in [0.15, 0.2) is 18.3 Å². The van der Waals surface area contributed by atoms with Gasteiger partial charge in [-0.3, -0.25) is 4.68 Å². The zero-order valence-electron chi connectivity index (χ0n) is 16.6. The Morgan fingerprint density at radius 1 is 1.12 bits per heavy atom. The molecule has 170 valence electrons. The number of methoxy groups -OCH3 is 1. The molecule has 0 radical (unpaired) electrons. The predicted molar refractivity (Wildman–Crippen MR) is 112 cm³/mol. The third kappa shape index (κ3) is 4.72. The van der Waals surface area contributed by atoms with E-state index in [0.29, 0.717) is 17.0 Å². The van der Waals surface area contributed by atoms with Crippen LogP contribution in [0.4, 0.5) is 32.8 Å². The summed E-state index contributed by atoms with van der Waals surface area (Å²) in [6.45, 7) is 1.22. The van der Waals surface area contributed by atoms with Crippen LogP contribution in [0.5, 0.6) is 0 Å². The van der Waals surface area contributed by atoms with E-state index in [1.54, 1.807) is 6.07 Å². The number of ether oxygens (including phenoxy) is 1. The van der Waals surface area contributed by atoms with Crippen molar-refractivity contribution in [3.05, 3.63) is 63.4 Å². The lowest BCUT2D eigenvalue weighted by atomic mass is 10.1. The normalized spacial score (nSPS) is 10.8. The number of esters is 1. The summed E-state index contributed by atoms with van der Waals surface area (Å²) in [6.07, 6.45) is 1.96. The van der Waals surface area contributed by atoms with Gasteiger partial charge in [-0.05, 0) is 24.7 Å². The molecule has 0 aliphatic carbocycles. The number of nitrogens with one attached hydrogen (secondary N) is 2. The van der Waals surface area contributed by atoms with Gasteiger partial charge >= 0.3 is 5.97 Å². The van der Waals surface area contributed by atoms with E-state index in [2.05, 4.69) is 15.7 Å². The van der Waals surface area contributed by atoms with E-state index in [4.69, 9.17) is 17.0 Å². The number of rotatable bonds is 6. The molecule has 0 unspecified atom stereocenters. The first-order valence-electron chi connectivity index (χ1n) is 8.99. The number of thiophene rings is 1. The molecule has 0 saturated carbocycles. The Labute approximate surface area is 188 Å². The van der Waals surface area contributed by atoms with Crippen LogP contribution >= 0.6 is 23.6 Å². The zero-order valence-corrected chi connectivity index (χ0v) is 18.2. The van der Waals surface area contributed by atoms with Crippen molar-refractivity contribution < 1.29 is 31.5 Å². The third-order valence-electron chi connectivity index (χ3n) is 4.27. The van der Waals surface area contributed by atoms with Gasteiger partial charge in [-0.25, -0.2) is 26.7 Å². The van der Waals surface area contributed by atoms with Crippen LogP contribution in [-0.4, -0.2) is 28.0 Å². The summed E-state index contributed by atoms with van der Waals surface area (Å²) < 4.78 is 73.4. The molecule has 2 aromatic heterocycles. The quantitative estimate of drug-likeness (QED) is 0.169.